The summed E-state index contributed by atoms with van der Waals surface area (Å²) < 4.78 is 22.6. The van der Waals surface area contributed by atoms with Gasteiger partial charge in [-0.25, -0.2) is 0 Å². The van der Waals surface area contributed by atoms with Gasteiger partial charge in [-0.05, 0) is 51.9 Å². The normalized spacial score (nSPS) is 19.7. The molecule has 4 nitrogen and oxygen atoms in total. The molecular weight excluding hydrogens is 280 g/mol. The van der Waals surface area contributed by atoms with E-state index in [1.54, 1.807) is 0 Å². The van der Waals surface area contributed by atoms with Crippen molar-refractivity contribution in [3.8, 4) is 11.8 Å². The van der Waals surface area contributed by atoms with Crippen molar-refractivity contribution in [2.24, 2.45) is 0 Å². The Morgan fingerprint density at radius 1 is 1.05 bits per heavy atom. The molecule has 2 atom stereocenters. The zero-order valence-corrected chi connectivity index (χ0v) is 14.4. The molecule has 0 radical (unpaired) electrons. The Kier molecular flexibility index (Phi) is 11.4. The Hall–Kier alpha value is -0.600. The van der Waals surface area contributed by atoms with Gasteiger partial charge in [0, 0.05) is 19.8 Å². The fourth-order valence-electron chi connectivity index (χ4n) is 2.35. The van der Waals surface area contributed by atoms with Gasteiger partial charge in [0.2, 0.25) is 6.29 Å². The molecule has 0 aromatic carbocycles. The van der Waals surface area contributed by atoms with Crippen LogP contribution in [0, 0.1) is 11.8 Å². The van der Waals surface area contributed by atoms with E-state index in [1.807, 2.05) is 13.8 Å². The van der Waals surface area contributed by atoms with Gasteiger partial charge in [-0.15, -0.1) is 0 Å². The molecule has 22 heavy (non-hydrogen) atoms. The molecule has 4 heteroatoms. The fourth-order valence-corrected chi connectivity index (χ4v) is 2.35. The second-order valence-electron chi connectivity index (χ2n) is 5.45. The summed E-state index contributed by atoms with van der Waals surface area (Å²) in [6, 6.07) is 0. The number of unbranched alkanes of at least 4 members (excludes halogenated alkanes) is 2. The van der Waals surface area contributed by atoms with Crippen LogP contribution in [0.2, 0.25) is 0 Å². The first-order valence-electron chi connectivity index (χ1n) is 8.81. The molecule has 1 aliphatic heterocycles. The van der Waals surface area contributed by atoms with E-state index in [1.165, 1.54) is 19.3 Å². The highest BCUT2D eigenvalue weighted by molar-refractivity contribution is 5.08. The van der Waals surface area contributed by atoms with Crippen LogP contribution in [0.25, 0.3) is 0 Å². The molecule has 0 amide bonds. The molecule has 128 valence electrons. The van der Waals surface area contributed by atoms with E-state index >= 15 is 0 Å². The number of ether oxygens (including phenoxy) is 4. The standard InChI is InChI=1S/C18H32O4/c1-4-7-8-11-16(22-18-12-9-10-15-21-18)13-14-17(19-5-2)20-6-3/h16-18H,4-12,15H2,1-3H3. The van der Waals surface area contributed by atoms with Crippen molar-refractivity contribution in [3.63, 3.8) is 0 Å². The topological polar surface area (TPSA) is 36.9 Å². The summed E-state index contributed by atoms with van der Waals surface area (Å²) in [6.45, 7) is 8.06. The smallest absolute Gasteiger partial charge is 0.222 e. The first-order chi connectivity index (χ1) is 10.8. The van der Waals surface area contributed by atoms with E-state index in [9.17, 15) is 0 Å². The lowest BCUT2D eigenvalue weighted by Crippen LogP contribution is -2.27. The van der Waals surface area contributed by atoms with Gasteiger partial charge in [0.15, 0.2) is 6.29 Å². The number of hydrogen-bond donors (Lipinski definition) is 0. The summed E-state index contributed by atoms with van der Waals surface area (Å²) in [4.78, 5) is 0. The molecule has 1 saturated heterocycles. The van der Waals surface area contributed by atoms with Gasteiger partial charge < -0.3 is 18.9 Å². The van der Waals surface area contributed by atoms with Crippen molar-refractivity contribution in [1.29, 1.82) is 0 Å². The van der Waals surface area contributed by atoms with E-state index in [0.29, 0.717) is 13.2 Å². The van der Waals surface area contributed by atoms with Gasteiger partial charge in [-0.1, -0.05) is 25.7 Å². The van der Waals surface area contributed by atoms with Crippen LogP contribution in [0.3, 0.4) is 0 Å². The van der Waals surface area contributed by atoms with Crippen molar-refractivity contribution in [2.45, 2.75) is 84.4 Å². The first-order valence-corrected chi connectivity index (χ1v) is 8.81. The molecule has 1 fully saturated rings. The summed E-state index contributed by atoms with van der Waals surface area (Å²) in [5, 5.41) is 0. The predicted molar refractivity (Wildman–Crippen MR) is 87.4 cm³/mol. The summed E-state index contributed by atoms with van der Waals surface area (Å²) >= 11 is 0. The Labute approximate surface area is 135 Å². The lowest BCUT2D eigenvalue weighted by Gasteiger charge is -2.25. The Balaban J connectivity index is 2.54. The maximum Gasteiger partial charge on any atom is 0.222 e. The van der Waals surface area contributed by atoms with Crippen LogP contribution in [0.5, 0.6) is 0 Å². The average Bonchev–Trinajstić information content (AvgIpc) is 2.54. The van der Waals surface area contributed by atoms with Crippen LogP contribution in [-0.4, -0.2) is 38.5 Å². The fraction of sp³-hybridized carbons (Fsp3) is 0.889. The molecule has 1 heterocycles. The van der Waals surface area contributed by atoms with Crippen molar-refractivity contribution >= 4 is 0 Å². The second kappa shape index (κ2) is 12.9. The lowest BCUT2D eigenvalue weighted by atomic mass is 10.1. The molecule has 0 saturated carbocycles. The van der Waals surface area contributed by atoms with Crippen molar-refractivity contribution < 1.29 is 18.9 Å². The summed E-state index contributed by atoms with van der Waals surface area (Å²) in [5.41, 5.74) is 0. The molecule has 0 aromatic rings. The Bertz CT molecular complexity index is 309. The van der Waals surface area contributed by atoms with E-state index in [4.69, 9.17) is 18.9 Å². The Morgan fingerprint density at radius 2 is 1.82 bits per heavy atom. The van der Waals surface area contributed by atoms with E-state index in [0.717, 1.165) is 32.3 Å². The molecule has 2 unspecified atom stereocenters. The SMILES string of the molecule is CCCCCC(C#CC(OCC)OCC)OC1CCCCO1. The van der Waals surface area contributed by atoms with Gasteiger partial charge in [-0.2, -0.15) is 0 Å². The molecule has 0 bridgehead atoms. The van der Waals surface area contributed by atoms with Gasteiger partial charge in [0.05, 0.1) is 0 Å². The van der Waals surface area contributed by atoms with E-state index in [-0.39, 0.29) is 12.4 Å². The highest BCUT2D eigenvalue weighted by atomic mass is 16.7. The first kappa shape index (κ1) is 19.4. The zero-order valence-electron chi connectivity index (χ0n) is 14.4. The predicted octanol–water partition coefficient (Wildman–Crippen LogP) is 3.88. The van der Waals surface area contributed by atoms with Crippen molar-refractivity contribution in [3.05, 3.63) is 0 Å². The maximum absolute atomic E-state index is 6.04. The highest BCUT2D eigenvalue weighted by Gasteiger charge is 2.18. The second-order valence-corrected chi connectivity index (χ2v) is 5.45. The molecular formula is C18H32O4. The minimum absolute atomic E-state index is 0.0990. The zero-order chi connectivity index (χ0) is 16.0. The van der Waals surface area contributed by atoms with Gasteiger partial charge in [0.25, 0.3) is 0 Å². The largest absolute Gasteiger partial charge is 0.353 e. The molecule has 0 aromatic heterocycles. The van der Waals surface area contributed by atoms with Gasteiger partial charge in [-0.3, -0.25) is 0 Å². The summed E-state index contributed by atoms with van der Waals surface area (Å²) in [7, 11) is 0. The summed E-state index contributed by atoms with van der Waals surface area (Å²) in [6.07, 6.45) is 7.05. The monoisotopic (exact) mass is 312 g/mol. The minimum atomic E-state index is -0.459. The van der Waals surface area contributed by atoms with Crippen LogP contribution in [0.1, 0.15) is 65.7 Å². The highest BCUT2D eigenvalue weighted by Crippen LogP contribution is 2.17. The third-order valence-corrected chi connectivity index (χ3v) is 3.52. The van der Waals surface area contributed by atoms with Crippen LogP contribution >= 0.6 is 0 Å². The van der Waals surface area contributed by atoms with Crippen molar-refractivity contribution in [1.82, 2.24) is 0 Å². The molecule has 0 spiro atoms. The molecule has 0 N–H and O–H groups in total. The third-order valence-electron chi connectivity index (χ3n) is 3.52. The van der Waals surface area contributed by atoms with Crippen LogP contribution < -0.4 is 0 Å². The van der Waals surface area contributed by atoms with Gasteiger partial charge >= 0.3 is 0 Å². The summed E-state index contributed by atoms with van der Waals surface area (Å²) in [5.74, 6) is 6.26. The van der Waals surface area contributed by atoms with E-state index < -0.39 is 6.29 Å². The number of hydrogen-bond acceptors (Lipinski definition) is 4. The number of rotatable bonds is 10. The lowest BCUT2D eigenvalue weighted by molar-refractivity contribution is -0.177. The third kappa shape index (κ3) is 8.75. The van der Waals surface area contributed by atoms with Gasteiger partial charge in [0.1, 0.15) is 6.10 Å². The molecule has 0 aliphatic carbocycles. The average molecular weight is 312 g/mol. The molecule has 1 rings (SSSR count). The van der Waals surface area contributed by atoms with E-state index in [2.05, 4.69) is 18.8 Å². The maximum atomic E-state index is 6.04. The van der Waals surface area contributed by atoms with Crippen LogP contribution in [-0.2, 0) is 18.9 Å². The van der Waals surface area contributed by atoms with Crippen molar-refractivity contribution in [2.75, 3.05) is 19.8 Å². The molecule has 1 aliphatic rings. The minimum Gasteiger partial charge on any atom is -0.353 e. The van der Waals surface area contributed by atoms with Crippen LogP contribution in [0.4, 0.5) is 0 Å². The Morgan fingerprint density at radius 3 is 2.41 bits per heavy atom. The van der Waals surface area contributed by atoms with Crippen LogP contribution in [0.15, 0.2) is 0 Å². The quantitative estimate of drug-likeness (QED) is 0.348.